The molecule has 1 aliphatic rings. The topological polar surface area (TPSA) is 75.5 Å². The monoisotopic (exact) mass is 580 g/mol. The Kier molecular flexibility index (Phi) is 7.31. The van der Waals surface area contributed by atoms with E-state index < -0.39 is 29.3 Å². The average molecular weight is 581 g/mol. The fourth-order valence-corrected chi connectivity index (χ4v) is 5.12. The van der Waals surface area contributed by atoms with Crippen molar-refractivity contribution < 1.29 is 27.6 Å². The van der Waals surface area contributed by atoms with Crippen molar-refractivity contribution in [2.45, 2.75) is 26.2 Å². The van der Waals surface area contributed by atoms with E-state index in [-0.39, 0.29) is 46.1 Å². The molecule has 0 radical (unpaired) electrons. The van der Waals surface area contributed by atoms with E-state index in [2.05, 4.69) is 4.98 Å². The van der Waals surface area contributed by atoms with Gasteiger partial charge in [-0.25, -0.2) is 4.98 Å². The van der Waals surface area contributed by atoms with Crippen LogP contribution in [0.3, 0.4) is 0 Å². The fraction of sp³-hybridized carbons (Fsp3) is 0.200. The van der Waals surface area contributed by atoms with E-state index in [1.54, 1.807) is 62.0 Å². The van der Waals surface area contributed by atoms with Crippen molar-refractivity contribution in [3.63, 3.8) is 0 Å². The molecule has 7 nitrogen and oxygen atoms in total. The first-order valence-corrected chi connectivity index (χ1v) is 12.9. The SMILES string of the molecule is Cc1nc(CN(C)C)n(-c2ccc(C(F)(F)F)cc2C(=O)c2ccccc2Cl)c1CN1C(=O)c2ccccc2C1=O. The summed E-state index contributed by atoms with van der Waals surface area (Å²) in [5.41, 5.74) is 0.240. The largest absolute Gasteiger partial charge is 0.416 e. The molecule has 0 fully saturated rings. The minimum Gasteiger partial charge on any atom is -0.302 e. The molecule has 0 spiro atoms. The fourth-order valence-electron chi connectivity index (χ4n) is 4.90. The zero-order chi connectivity index (χ0) is 29.6. The Balaban J connectivity index is 1.71. The molecule has 41 heavy (non-hydrogen) atoms. The lowest BCUT2D eigenvalue weighted by molar-refractivity contribution is -0.137. The highest BCUT2D eigenvalue weighted by Crippen LogP contribution is 2.35. The van der Waals surface area contributed by atoms with Crippen molar-refractivity contribution in [3.8, 4) is 5.69 Å². The van der Waals surface area contributed by atoms with Gasteiger partial charge in [-0.2, -0.15) is 13.2 Å². The Morgan fingerprint density at radius 3 is 2.12 bits per heavy atom. The van der Waals surface area contributed by atoms with Crippen LogP contribution in [0.1, 0.15) is 59.4 Å². The molecule has 2 amide bonds. The second-order valence-electron chi connectivity index (χ2n) is 9.91. The third-order valence-corrected chi connectivity index (χ3v) is 7.14. The molecule has 0 atom stereocenters. The van der Waals surface area contributed by atoms with Gasteiger partial charge >= 0.3 is 6.18 Å². The molecule has 2 heterocycles. The highest BCUT2D eigenvalue weighted by atomic mass is 35.5. The lowest BCUT2D eigenvalue weighted by atomic mass is 9.98. The number of ketones is 1. The summed E-state index contributed by atoms with van der Waals surface area (Å²) < 4.78 is 43.0. The molecule has 3 aromatic carbocycles. The normalized spacial score (nSPS) is 13.3. The van der Waals surface area contributed by atoms with Crippen molar-refractivity contribution in [3.05, 3.63) is 117 Å². The molecule has 0 saturated heterocycles. The third kappa shape index (κ3) is 5.16. The Morgan fingerprint density at radius 2 is 1.54 bits per heavy atom. The van der Waals surface area contributed by atoms with E-state index in [1.165, 1.54) is 18.2 Å². The smallest absolute Gasteiger partial charge is 0.302 e. The summed E-state index contributed by atoms with van der Waals surface area (Å²) in [5.74, 6) is -1.30. The van der Waals surface area contributed by atoms with Gasteiger partial charge in [-0.3, -0.25) is 23.9 Å². The van der Waals surface area contributed by atoms with E-state index in [0.29, 0.717) is 17.2 Å². The number of imidazole rings is 1. The van der Waals surface area contributed by atoms with Gasteiger partial charge in [0.2, 0.25) is 0 Å². The van der Waals surface area contributed by atoms with E-state index in [1.807, 2.05) is 4.90 Å². The van der Waals surface area contributed by atoms with Gasteiger partial charge in [0, 0.05) is 11.1 Å². The number of carbonyl (C=O) groups excluding carboxylic acids is 3. The summed E-state index contributed by atoms with van der Waals surface area (Å²) in [7, 11) is 3.58. The second-order valence-corrected chi connectivity index (χ2v) is 10.3. The van der Waals surface area contributed by atoms with Gasteiger partial charge in [0.05, 0.1) is 51.9 Å². The number of hydrogen-bond donors (Lipinski definition) is 0. The van der Waals surface area contributed by atoms with Crippen molar-refractivity contribution in [2.75, 3.05) is 14.1 Å². The number of aryl methyl sites for hydroxylation is 1. The van der Waals surface area contributed by atoms with Crippen molar-refractivity contribution in [1.82, 2.24) is 19.4 Å². The minimum absolute atomic E-state index is 0.0302. The van der Waals surface area contributed by atoms with Crippen molar-refractivity contribution in [2.24, 2.45) is 0 Å². The number of benzene rings is 3. The first-order chi connectivity index (χ1) is 19.4. The van der Waals surface area contributed by atoms with Crippen molar-refractivity contribution >= 4 is 29.2 Å². The van der Waals surface area contributed by atoms with E-state index in [0.717, 1.165) is 17.0 Å². The summed E-state index contributed by atoms with van der Waals surface area (Å²) in [4.78, 5) is 47.7. The first-order valence-electron chi connectivity index (χ1n) is 12.6. The molecule has 0 saturated carbocycles. The number of imide groups is 1. The van der Waals surface area contributed by atoms with Gasteiger partial charge in [0.25, 0.3) is 11.8 Å². The molecule has 0 N–H and O–H groups in total. The highest BCUT2D eigenvalue weighted by Gasteiger charge is 2.37. The predicted molar refractivity (Wildman–Crippen MR) is 146 cm³/mol. The highest BCUT2D eigenvalue weighted by molar-refractivity contribution is 6.35. The maximum atomic E-state index is 13.8. The van der Waals surface area contributed by atoms with Crippen LogP contribution >= 0.6 is 11.6 Å². The van der Waals surface area contributed by atoms with Gasteiger partial charge in [-0.05, 0) is 63.5 Å². The van der Waals surface area contributed by atoms with Crippen LogP contribution in [0.25, 0.3) is 5.69 Å². The molecule has 210 valence electrons. The summed E-state index contributed by atoms with van der Waals surface area (Å²) in [6.45, 7) is 1.73. The number of alkyl halides is 3. The lowest BCUT2D eigenvalue weighted by Crippen LogP contribution is -2.31. The average Bonchev–Trinajstić information content (AvgIpc) is 3.35. The second kappa shape index (κ2) is 10.6. The van der Waals surface area contributed by atoms with Crippen LogP contribution in [0.15, 0.2) is 66.7 Å². The molecule has 11 heteroatoms. The van der Waals surface area contributed by atoms with Gasteiger partial charge < -0.3 is 4.90 Å². The lowest BCUT2D eigenvalue weighted by Gasteiger charge is -2.21. The van der Waals surface area contributed by atoms with E-state index >= 15 is 0 Å². The van der Waals surface area contributed by atoms with Gasteiger partial charge in [-0.15, -0.1) is 0 Å². The van der Waals surface area contributed by atoms with E-state index in [4.69, 9.17) is 11.6 Å². The maximum Gasteiger partial charge on any atom is 0.416 e. The first kappa shape index (κ1) is 28.3. The van der Waals surface area contributed by atoms with E-state index in [9.17, 15) is 27.6 Å². The molecule has 0 bridgehead atoms. The third-order valence-electron chi connectivity index (χ3n) is 6.81. The number of rotatable bonds is 7. The van der Waals surface area contributed by atoms with Gasteiger partial charge in [-0.1, -0.05) is 35.9 Å². The summed E-state index contributed by atoms with van der Waals surface area (Å²) >= 11 is 6.27. The Labute approximate surface area is 238 Å². The number of fused-ring (bicyclic) bond motifs is 1. The van der Waals surface area contributed by atoms with Crippen molar-refractivity contribution in [1.29, 1.82) is 0 Å². The zero-order valence-corrected chi connectivity index (χ0v) is 23.0. The predicted octanol–water partition coefficient (Wildman–Crippen LogP) is 5.94. The number of aromatic nitrogens is 2. The summed E-state index contributed by atoms with van der Waals surface area (Å²) in [5, 5.41) is 0.0856. The quantitative estimate of drug-likeness (QED) is 0.200. The van der Waals surface area contributed by atoms with Crippen LogP contribution in [0, 0.1) is 6.92 Å². The van der Waals surface area contributed by atoms with Crippen LogP contribution in [0.2, 0.25) is 5.02 Å². The number of carbonyl (C=O) groups is 3. The molecule has 4 aromatic rings. The Morgan fingerprint density at radius 1 is 0.927 bits per heavy atom. The molecular formula is C30H24ClF3N4O3. The molecule has 0 aliphatic carbocycles. The molecule has 0 unspecified atom stereocenters. The standard InChI is InChI=1S/C30H24ClF3N4O3/c1-17-25(15-37-28(40)19-8-4-5-9-20(19)29(37)41)38(26(35-17)16-36(2)3)24-13-12-18(30(32,33)34)14-22(24)27(39)21-10-6-7-11-23(21)31/h4-14H,15-16H2,1-3H3. The summed E-state index contributed by atoms with van der Waals surface area (Å²) in [6.07, 6.45) is -4.71. The Bertz CT molecular complexity index is 1680. The van der Waals surface area contributed by atoms with Gasteiger partial charge in [0.15, 0.2) is 5.78 Å². The van der Waals surface area contributed by atoms with Crippen LogP contribution in [0.4, 0.5) is 13.2 Å². The molecule has 5 rings (SSSR count). The number of halogens is 4. The van der Waals surface area contributed by atoms with Crippen LogP contribution in [-0.4, -0.2) is 51.0 Å². The van der Waals surface area contributed by atoms with Crippen LogP contribution in [-0.2, 0) is 19.3 Å². The maximum absolute atomic E-state index is 13.8. The zero-order valence-electron chi connectivity index (χ0n) is 22.3. The summed E-state index contributed by atoms with van der Waals surface area (Å²) in [6, 6.07) is 15.4. The molecule has 1 aliphatic heterocycles. The molecule has 1 aromatic heterocycles. The Hall–Kier alpha value is -4.28. The number of amides is 2. The van der Waals surface area contributed by atoms with Gasteiger partial charge in [0.1, 0.15) is 5.82 Å². The van der Waals surface area contributed by atoms with Crippen LogP contribution < -0.4 is 0 Å². The minimum atomic E-state index is -4.71. The number of nitrogens with zero attached hydrogens (tertiary/aromatic N) is 4. The number of hydrogen-bond acceptors (Lipinski definition) is 5. The van der Waals surface area contributed by atoms with Crippen LogP contribution in [0.5, 0.6) is 0 Å². The molecular weight excluding hydrogens is 557 g/mol.